The fourth-order valence-electron chi connectivity index (χ4n) is 6.82. The van der Waals surface area contributed by atoms with Crippen molar-refractivity contribution in [2.45, 2.75) is 0 Å². The number of benzene rings is 7. The van der Waals surface area contributed by atoms with Gasteiger partial charge in [-0.05, 0) is 79.8 Å². The largest absolute Gasteiger partial charge is 0.294 e. The number of hydrogen-bond acceptors (Lipinski definition) is 1. The summed E-state index contributed by atoms with van der Waals surface area (Å²) in [6.45, 7) is 0. The number of aromatic nitrogens is 2. The number of pyridine rings is 1. The Balaban J connectivity index is 1.19. The van der Waals surface area contributed by atoms with Crippen LogP contribution in [0.2, 0.25) is 0 Å². The lowest BCUT2D eigenvalue weighted by Gasteiger charge is -2.13. The van der Waals surface area contributed by atoms with Crippen LogP contribution in [0.25, 0.3) is 82.3 Å². The Hall–Kier alpha value is -5.73. The monoisotopic (exact) mass is 546 g/mol. The van der Waals surface area contributed by atoms with E-state index in [1.54, 1.807) is 0 Å². The molecule has 0 saturated heterocycles. The van der Waals surface area contributed by atoms with E-state index in [2.05, 4.69) is 162 Å². The normalized spacial score (nSPS) is 11.7. The minimum absolute atomic E-state index is 0.921. The minimum Gasteiger partial charge on any atom is -0.294 e. The summed E-state index contributed by atoms with van der Waals surface area (Å²) in [4.78, 5) is 5.21. The summed E-state index contributed by atoms with van der Waals surface area (Å²) in [5.41, 5.74) is 6.77. The van der Waals surface area contributed by atoms with Crippen molar-refractivity contribution in [3.8, 4) is 28.2 Å². The van der Waals surface area contributed by atoms with Crippen molar-refractivity contribution >= 4 is 54.1 Å². The van der Waals surface area contributed by atoms with Gasteiger partial charge in [0, 0.05) is 16.3 Å². The zero-order valence-corrected chi connectivity index (χ0v) is 23.4. The summed E-state index contributed by atoms with van der Waals surface area (Å²) in [6, 6.07) is 56.6. The third kappa shape index (κ3) is 3.70. The van der Waals surface area contributed by atoms with Gasteiger partial charge in [0.2, 0.25) is 0 Å². The smallest absolute Gasteiger partial charge is 0.138 e. The fraction of sp³-hybridized carbons (Fsp3) is 0. The quantitative estimate of drug-likeness (QED) is 0.202. The lowest BCUT2D eigenvalue weighted by Crippen LogP contribution is -1.98. The molecule has 0 unspecified atom stereocenters. The van der Waals surface area contributed by atoms with Gasteiger partial charge in [-0.25, -0.2) is 4.98 Å². The van der Waals surface area contributed by atoms with E-state index < -0.39 is 0 Å². The van der Waals surface area contributed by atoms with Crippen LogP contribution in [-0.4, -0.2) is 9.55 Å². The van der Waals surface area contributed by atoms with Gasteiger partial charge in [0.05, 0.1) is 16.7 Å². The molecule has 0 amide bonds. The molecule has 0 aliphatic carbocycles. The SMILES string of the molecule is c1cc(-c2ccc3c4ccccc4c4ccccc4c3c2)cc(-c2cccc(-n3c4ccccc4c4ccccc43)n2)c1. The van der Waals surface area contributed by atoms with Gasteiger partial charge in [-0.15, -0.1) is 0 Å². The predicted molar refractivity (Wildman–Crippen MR) is 182 cm³/mol. The van der Waals surface area contributed by atoms with E-state index in [1.165, 1.54) is 54.2 Å². The zero-order chi connectivity index (χ0) is 28.3. The molecular weight excluding hydrogens is 520 g/mol. The van der Waals surface area contributed by atoms with E-state index in [1.807, 2.05) is 0 Å². The number of nitrogens with zero attached hydrogens (tertiary/aromatic N) is 2. The average Bonchev–Trinajstić information content (AvgIpc) is 3.43. The van der Waals surface area contributed by atoms with Crippen LogP contribution in [0.4, 0.5) is 0 Å². The van der Waals surface area contributed by atoms with Gasteiger partial charge >= 0.3 is 0 Å². The van der Waals surface area contributed by atoms with Crippen LogP contribution in [-0.2, 0) is 0 Å². The van der Waals surface area contributed by atoms with E-state index in [4.69, 9.17) is 4.98 Å². The molecule has 0 aliphatic rings. The number of para-hydroxylation sites is 2. The minimum atomic E-state index is 0.921. The molecule has 0 saturated carbocycles. The van der Waals surface area contributed by atoms with Gasteiger partial charge in [0.25, 0.3) is 0 Å². The van der Waals surface area contributed by atoms with Crippen LogP contribution < -0.4 is 0 Å². The molecule has 0 aliphatic heterocycles. The van der Waals surface area contributed by atoms with Crippen LogP contribution >= 0.6 is 0 Å². The Labute approximate surface area is 249 Å². The third-order valence-electron chi connectivity index (χ3n) is 8.78. The predicted octanol–water partition coefficient (Wildman–Crippen LogP) is 11.0. The van der Waals surface area contributed by atoms with Crippen molar-refractivity contribution in [1.82, 2.24) is 9.55 Å². The lowest BCUT2D eigenvalue weighted by molar-refractivity contribution is 1.08. The summed E-state index contributed by atoms with van der Waals surface area (Å²) >= 11 is 0. The Morgan fingerprint density at radius 3 is 1.47 bits per heavy atom. The Morgan fingerprint density at radius 1 is 0.326 bits per heavy atom. The molecule has 0 spiro atoms. The Kier molecular flexibility index (Phi) is 5.23. The second-order valence-electron chi connectivity index (χ2n) is 11.2. The fourth-order valence-corrected chi connectivity index (χ4v) is 6.82. The summed E-state index contributed by atoms with van der Waals surface area (Å²) in [5, 5.41) is 10.2. The molecule has 0 bridgehead atoms. The zero-order valence-electron chi connectivity index (χ0n) is 23.4. The third-order valence-corrected chi connectivity index (χ3v) is 8.78. The molecule has 9 rings (SSSR count). The van der Waals surface area contributed by atoms with Gasteiger partial charge in [-0.3, -0.25) is 4.57 Å². The molecule has 9 aromatic rings. The topological polar surface area (TPSA) is 17.8 Å². The van der Waals surface area contributed by atoms with Gasteiger partial charge in [-0.1, -0.05) is 121 Å². The van der Waals surface area contributed by atoms with Gasteiger partial charge in [0.1, 0.15) is 5.82 Å². The molecule has 2 nitrogen and oxygen atoms in total. The lowest BCUT2D eigenvalue weighted by atomic mass is 9.92. The van der Waals surface area contributed by atoms with Crippen LogP contribution in [0, 0.1) is 0 Å². The van der Waals surface area contributed by atoms with Crippen LogP contribution in [0.1, 0.15) is 0 Å². The molecule has 2 heterocycles. The molecule has 0 N–H and O–H groups in total. The van der Waals surface area contributed by atoms with Crippen LogP contribution in [0.5, 0.6) is 0 Å². The summed E-state index contributed by atoms with van der Waals surface area (Å²) in [6.07, 6.45) is 0. The first kappa shape index (κ1) is 23.9. The Bertz CT molecular complexity index is 2430. The molecule has 200 valence electrons. The summed E-state index contributed by atoms with van der Waals surface area (Å²) in [5.74, 6) is 0.921. The Morgan fingerprint density at radius 2 is 0.814 bits per heavy atom. The van der Waals surface area contributed by atoms with Crippen molar-refractivity contribution < 1.29 is 0 Å². The first-order valence-electron chi connectivity index (χ1n) is 14.7. The molecular formula is C41H26N2. The number of fused-ring (bicyclic) bond motifs is 9. The van der Waals surface area contributed by atoms with Crippen LogP contribution in [0.3, 0.4) is 0 Å². The van der Waals surface area contributed by atoms with Crippen LogP contribution in [0.15, 0.2) is 158 Å². The highest BCUT2D eigenvalue weighted by atomic mass is 15.1. The molecule has 0 fully saturated rings. The average molecular weight is 547 g/mol. The second kappa shape index (κ2) is 9.40. The maximum Gasteiger partial charge on any atom is 0.138 e. The highest BCUT2D eigenvalue weighted by molar-refractivity contribution is 6.25. The second-order valence-corrected chi connectivity index (χ2v) is 11.2. The van der Waals surface area contributed by atoms with Crippen molar-refractivity contribution in [1.29, 1.82) is 0 Å². The highest BCUT2D eigenvalue weighted by Crippen LogP contribution is 2.38. The molecule has 43 heavy (non-hydrogen) atoms. The van der Waals surface area contributed by atoms with E-state index in [9.17, 15) is 0 Å². The standard InChI is InChI=1S/C41H26N2/c1-2-15-32-30(13-1)31-14-3-4-16-33(31)37-26-28(23-24-34(32)37)27-11-9-12-29(25-27)38-19-10-22-41(42-38)43-39-20-7-5-17-35(39)36-18-6-8-21-40(36)43/h1-26H. The van der Waals surface area contributed by atoms with Gasteiger partial charge in [-0.2, -0.15) is 0 Å². The first-order valence-corrected chi connectivity index (χ1v) is 14.7. The molecule has 0 radical (unpaired) electrons. The summed E-state index contributed by atoms with van der Waals surface area (Å²) in [7, 11) is 0. The maximum atomic E-state index is 5.21. The van der Waals surface area contributed by atoms with Gasteiger partial charge < -0.3 is 0 Å². The molecule has 0 atom stereocenters. The first-order chi connectivity index (χ1) is 21.3. The van der Waals surface area contributed by atoms with E-state index in [-0.39, 0.29) is 0 Å². The van der Waals surface area contributed by atoms with E-state index >= 15 is 0 Å². The van der Waals surface area contributed by atoms with Crippen molar-refractivity contribution in [2.75, 3.05) is 0 Å². The summed E-state index contributed by atoms with van der Waals surface area (Å²) < 4.78 is 2.27. The van der Waals surface area contributed by atoms with Crippen molar-refractivity contribution in [3.05, 3.63) is 158 Å². The van der Waals surface area contributed by atoms with Crippen molar-refractivity contribution in [2.24, 2.45) is 0 Å². The maximum absolute atomic E-state index is 5.21. The van der Waals surface area contributed by atoms with Crippen molar-refractivity contribution in [3.63, 3.8) is 0 Å². The van der Waals surface area contributed by atoms with E-state index in [0.29, 0.717) is 0 Å². The molecule has 2 heteroatoms. The van der Waals surface area contributed by atoms with Gasteiger partial charge in [0.15, 0.2) is 0 Å². The highest BCUT2D eigenvalue weighted by Gasteiger charge is 2.14. The number of rotatable bonds is 3. The molecule has 7 aromatic carbocycles. The number of hydrogen-bond donors (Lipinski definition) is 0. The van der Waals surface area contributed by atoms with E-state index in [0.717, 1.165) is 28.1 Å². The molecule has 2 aromatic heterocycles.